The predicted octanol–water partition coefficient (Wildman–Crippen LogP) is 2.91. The van der Waals surface area contributed by atoms with Crippen LogP contribution in [0, 0.1) is 6.92 Å². The number of halogens is 1. The Morgan fingerprint density at radius 3 is 3.03 bits per heavy atom. The fraction of sp³-hybridized carbons (Fsp3) is 0.429. The molecule has 0 saturated carbocycles. The maximum Gasteiger partial charge on any atom is 0.227 e. The van der Waals surface area contributed by atoms with Crippen LogP contribution >= 0.6 is 11.6 Å². The molecule has 1 saturated heterocycles. The standard InChI is InChI=1S/C21H24ClN5O4/c1-14-23-20(31-26-14)6-7-21(28)27-9-11-30-19(13-27)17-12-15(24-25-17)8-10-29-18-5-3-2-4-16(18)22/h2-5,12,19H,6-11,13H2,1H3,(H,24,25)/t19-/m1/s1. The van der Waals surface area contributed by atoms with Crippen LogP contribution in [0.2, 0.25) is 5.02 Å². The molecule has 1 fully saturated rings. The Morgan fingerprint density at radius 1 is 1.35 bits per heavy atom. The number of carbonyl (C=O) groups is 1. The van der Waals surface area contributed by atoms with Crippen molar-refractivity contribution in [3.8, 4) is 5.75 Å². The molecule has 1 aromatic carbocycles. The summed E-state index contributed by atoms with van der Waals surface area (Å²) in [6.45, 7) is 3.70. The molecule has 1 N–H and O–H groups in total. The van der Waals surface area contributed by atoms with E-state index in [1.165, 1.54) is 0 Å². The molecular weight excluding hydrogens is 422 g/mol. The van der Waals surface area contributed by atoms with Crippen molar-refractivity contribution in [1.29, 1.82) is 0 Å². The third-order valence-electron chi connectivity index (χ3n) is 4.99. The molecule has 1 atom stereocenters. The minimum atomic E-state index is -0.266. The summed E-state index contributed by atoms with van der Waals surface area (Å²) in [5.74, 6) is 1.74. The first-order valence-corrected chi connectivity index (χ1v) is 10.6. The molecule has 2 aromatic heterocycles. The second-order valence-electron chi connectivity index (χ2n) is 7.28. The van der Waals surface area contributed by atoms with Gasteiger partial charge in [0.15, 0.2) is 5.82 Å². The number of hydrogen-bond donors (Lipinski definition) is 1. The molecule has 164 valence electrons. The number of H-pyrrole nitrogens is 1. The largest absolute Gasteiger partial charge is 0.492 e. The van der Waals surface area contributed by atoms with Crippen LogP contribution in [-0.4, -0.2) is 57.4 Å². The third-order valence-corrected chi connectivity index (χ3v) is 5.30. The molecule has 1 amide bonds. The van der Waals surface area contributed by atoms with E-state index < -0.39 is 0 Å². The third kappa shape index (κ3) is 5.62. The number of nitrogens with one attached hydrogen (secondary N) is 1. The second-order valence-corrected chi connectivity index (χ2v) is 7.69. The van der Waals surface area contributed by atoms with Crippen molar-refractivity contribution < 1.29 is 18.8 Å². The van der Waals surface area contributed by atoms with Crippen LogP contribution in [0.1, 0.15) is 35.6 Å². The number of benzene rings is 1. The van der Waals surface area contributed by atoms with Crippen LogP contribution in [-0.2, 0) is 22.4 Å². The number of amides is 1. The van der Waals surface area contributed by atoms with Gasteiger partial charge in [0.1, 0.15) is 11.9 Å². The number of aromatic amines is 1. The highest BCUT2D eigenvalue weighted by atomic mass is 35.5. The van der Waals surface area contributed by atoms with Crippen molar-refractivity contribution >= 4 is 17.5 Å². The predicted molar refractivity (Wildman–Crippen MR) is 112 cm³/mol. The molecule has 10 heteroatoms. The molecule has 1 aliphatic rings. The topological polar surface area (TPSA) is 106 Å². The summed E-state index contributed by atoms with van der Waals surface area (Å²) in [7, 11) is 0. The maximum atomic E-state index is 12.6. The van der Waals surface area contributed by atoms with E-state index in [1.54, 1.807) is 17.9 Å². The van der Waals surface area contributed by atoms with Crippen molar-refractivity contribution in [2.75, 3.05) is 26.3 Å². The zero-order valence-corrected chi connectivity index (χ0v) is 18.0. The number of rotatable bonds is 8. The van der Waals surface area contributed by atoms with Gasteiger partial charge in [-0.25, -0.2) is 0 Å². The van der Waals surface area contributed by atoms with Gasteiger partial charge < -0.3 is 18.9 Å². The number of nitrogens with zero attached hydrogens (tertiary/aromatic N) is 4. The summed E-state index contributed by atoms with van der Waals surface area (Å²) in [4.78, 5) is 18.5. The first kappa shape index (κ1) is 21.3. The summed E-state index contributed by atoms with van der Waals surface area (Å²) < 4.78 is 16.6. The Labute approximate surface area is 184 Å². The van der Waals surface area contributed by atoms with Gasteiger partial charge >= 0.3 is 0 Å². The Hall–Kier alpha value is -2.91. The quantitative estimate of drug-likeness (QED) is 0.568. The van der Waals surface area contributed by atoms with Gasteiger partial charge in [0.05, 0.1) is 30.5 Å². The summed E-state index contributed by atoms with van der Waals surface area (Å²) >= 11 is 6.10. The molecular formula is C21H24ClN5O4. The Balaban J connectivity index is 1.27. The number of para-hydroxylation sites is 1. The second kappa shape index (κ2) is 9.93. The highest BCUT2D eigenvalue weighted by Crippen LogP contribution is 2.24. The van der Waals surface area contributed by atoms with Crippen LogP contribution in [0.15, 0.2) is 34.9 Å². The average molecular weight is 446 g/mol. The summed E-state index contributed by atoms with van der Waals surface area (Å²) in [5.41, 5.74) is 1.71. The Morgan fingerprint density at radius 2 is 2.23 bits per heavy atom. The minimum absolute atomic E-state index is 0.0352. The van der Waals surface area contributed by atoms with E-state index >= 15 is 0 Å². The van der Waals surface area contributed by atoms with Crippen LogP contribution in [0.4, 0.5) is 0 Å². The fourth-order valence-electron chi connectivity index (χ4n) is 3.37. The fourth-order valence-corrected chi connectivity index (χ4v) is 3.56. The van der Waals surface area contributed by atoms with Crippen LogP contribution in [0.5, 0.6) is 5.75 Å². The number of carbonyl (C=O) groups excluding carboxylic acids is 1. The smallest absolute Gasteiger partial charge is 0.227 e. The van der Waals surface area contributed by atoms with Crippen molar-refractivity contribution in [3.63, 3.8) is 0 Å². The van der Waals surface area contributed by atoms with Crippen molar-refractivity contribution in [2.24, 2.45) is 0 Å². The summed E-state index contributed by atoms with van der Waals surface area (Å²) in [6, 6.07) is 9.33. The van der Waals surface area contributed by atoms with Gasteiger partial charge in [-0.1, -0.05) is 28.9 Å². The normalized spacial score (nSPS) is 16.5. The van der Waals surface area contributed by atoms with E-state index in [9.17, 15) is 4.79 Å². The molecule has 0 bridgehead atoms. The van der Waals surface area contributed by atoms with Gasteiger partial charge in [-0.3, -0.25) is 9.89 Å². The van der Waals surface area contributed by atoms with E-state index in [0.29, 0.717) is 68.1 Å². The van der Waals surface area contributed by atoms with Crippen LogP contribution in [0.25, 0.3) is 0 Å². The first-order valence-electron chi connectivity index (χ1n) is 10.2. The van der Waals surface area contributed by atoms with Gasteiger partial charge in [-0.05, 0) is 25.1 Å². The summed E-state index contributed by atoms with van der Waals surface area (Å²) in [6.07, 6.45) is 1.13. The molecule has 1 aliphatic heterocycles. The van der Waals surface area contributed by atoms with E-state index in [-0.39, 0.29) is 12.0 Å². The van der Waals surface area contributed by atoms with Crippen molar-refractivity contribution in [3.05, 3.63) is 58.5 Å². The highest BCUT2D eigenvalue weighted by molar-refractivity contribution is 6.32. The number of morpholine rings is 1. The van der Waals surface area contributed by atoms with E-state index in [4.69, 9.17) is 25.6 Å². The molecule has 3 heterocycles. The van der Waals surface area contributed by atoms with Gasteiger partial charge in [-0.2, -0.15) is 10.1 Å². The highest BCUT2D eigenvalue weighted by Gasteiger charge is 2.27. The molecule has 0 radical (unpaired) electrons. The van der Waals surface area contributed by atoms with Gasteiger partial charge in [0.25, 0.3) is 0 Å². The van der Waals surface area contributed by atoms with Crippen molar-refractivity contribution in [1.82, 2.24) is 25.2 Å². The monoisotopic (exact) mass is 445 g/mol. The van der Waals surface area contributed by atoms with Crippen LogP contribution < -0.4 is 4.74 Å². The summed E-state index contributed by atoms with van der Waals surface area (Å²) in [5, 5.41) is 11.7. The lowest BCUT2D eigenvalue weighted by Gasteiger charge is -2.32. The number of ether oxygens (including phenoxy) is 2. The lowest BCUT2D eigenvalue weighted by atomic mass is 10.1. The van der Waals surface area contributed by atoms with Gasteiger partial charge in [0, 0.05) is 31.5 Å². The number of hydrogen-bond acceptors (Lipinski definition) is 7. The molecule has 9 nitrogen and oxygen atoms in total. The molecule has 3 aromatic rings. The van der Waals surface area contributed by atoms with E-state index in [1.807, 2.05) is 24.3 Å². The SMILES string of the molecule is Cc1noc(CCC(=O)N2CCO[C@@H](c3cc(CCOc4ccccc4Cl)[nH]n3)C2)n1. The maximum absolute atomic E-state index is 12.6. The van der Waals surface area contributed by atoms with Gasteiger partial charge in [0.2, 0.25) is 11.8 Å². The minimum Gasteiger partial charge on any atom is -0.492 e. The molecule has 31 heavy (non-hydrogen) atoms. The Kier molecular flexibility index (Phi) is 6.83. The zero-order valence-electron chi connectivity index (χ0n) is 17.2. The number of aromatic nitrogens is 4. The van der Waals surface area contributed by atoms with Crippen LogP contribution in [0.3, 0.4) is 0 Å². The lowest BCUT2D eigenvalue weighted by Crippen LogP contribution is -2.42. The van der Waals surface area contributed by atoms with Crippen molar-refractivity contribution in [2.45, 2.75) is 32.3 Å². The first-order chi connectivity index (χ1) is 15.1. The molecule has 0 spiro atoms. The van der Waals surface area contributed by atoms with Gasteiger partial charge in [-0.15, -0.1) is 0 Å². The lowest BCUT2D eigenvalue weighted by molar-refractivity contribution is -0.139. The number of aryl methyl sites for hydroxylation is 2. The van der Waals surface area contributed by atoms with E-state index in [0.717, 1.165) is 11.4 Å². The average Bonchev–Trinajstić information content (AvgIpc) is 3.42. The molecule has 0 unspecified atom stereocenters. The molecule has 0 aliphatic carbocycles. The molecule has 4 rings (SSSR count). The van der Waals surface area contributed by atoms with E-state index in [2.05, 4.69) is 20.3 Å². The zero-order chi connectivity index (χ0) is 21.6. The Bertz CT molecular complexity index is 1020.